The molecule has 0 fully saturated rings. The van der Waals surface area contributed by atoms with Crippen molar-refractivity contribution in [2.24, 2.45) is 5.10 Å². The predicted molar refractivity (Wildman–Crippen MR) is 130 cm³/mol. The summed E-state index contributed by atoms with van der Waals surface area (Å²) in [6.07, 6.45) is 1.54. The molecule has 8 heteroatoms. The molecule has 3 aromatic carbocycles. The zero-order chi connectivity index (χ0) is 22.5. The molecule has 0 spiro atoms. The van der Waals surface area contributed by atoms with Crippen molar-refractivity contribution >= 4 is 46.4 Å². The first-order valence-electron chi connectivity index (χ1n) is 9.81. The number of hydrazone groups is 1. The summed E-state index contributed by atoms with van der Waals surface area (Å²) >= 11 is 7.05. The van der Waals surface area contributed by atoms with Crippen LogP contribution in [0.5, 0.6) is 0 Å². The molecule has 160 valence electrons. The molecule has 4 rings (SSSR count). The fourth-order valence-corrected chi connectivity index (χ4v) is 4.05. The number of para-hydroxylation sites is 2. The molecule has 0 saturated carbocycles. The van der Waals surface area contributed by atoms with Crippen LogP contribution < -0.4 is 11.0 Å². The lowest BCUT2D eigenvalue weighted by molar-refractivity contribution is -0.118. The second-order valence-electron chi connectivity index (χ2n) is 6.97. The third kappa shape index (κ3) is 4.90. The highest BCUT2D eigenvalue weighted by Crippen LogP contribution is 2.23. The number of aromatic nitrogens is 2. The van der Waals surface area contributed by atoms with Crippen LogP contribution >= 0.6 is 23.4 Å². The summed E-state index contributed by atoms with van der Waals surface area (Å²) in [5.41, 5.74) is 5.40. The van der Waals surface area contributed by atoms with Gasteiger partial charge in [-0.1, -0.05) is 65.8 Å². The van der Waals surface area contributed by atoms with Gasteiger partial charge in [-0.3, -0.25) is 14.2 Å². The number of rotatable bonds is 6. The highest BCUT2D eigenvalue weighted by molar-refractivity contribution is 7.99. The minimum atomic E-state index is -0.307. The van der Waals surface area contributed by atoms with Gasteiger partial charge in [0.05, 0.1) is 28.6 Å². The molecule has 1 aromatic heterocycles. The van der Waals surface area contributed by atoms with E-state index >= 15 is 0 Å². The Balaban J connectivity index is 1.57. The number of nitrogens with zero attached hydrogens (tertiary/aromatic N) is 3. The van der Waals surface area contributed by atoms with Gasteiger partial charge in [0.1, 0.15) is 0 Å². The van der Waals surface area contributed by atoms with E-state index in [1.54, 1.807) is 41.0 Å². The molecule has 0 saturated heterocycles. The third-order valence-electron chi connectivity index (χ3n) is 4.71. The summed E-state index contributed by atoms with van der Waals surface area (Å²) in [4.78, 5) is 30.3. The molecular weight excluding hydrogens is 444 g/mol. The summed E-state index contributed by atoms with van der Waals surface area (Å²) in [5, 5.41) is 5.57. The summed E-state index contributed by atoms with van der Waals surface area (Å²) < 4.78 is 1.56. The minimum absolute atomic E-state index is 0.0502. The highest BCUT2D eigenvalue weighted by atomic mass is 35.5. The van der Waals surface area contributed by atoms with E-state index in [9.17, 15) is 9.59 Å². The van der Waals surface area contributed by atoms with Crippen molar-refractivity contribution in [1.82, 2.24) is 15.0 Å². The number of thioether (sulfide) groups is 1. The van der Waals surface area contributed by atoms with Crippen LogP contribution in [0.1, 0.15) is 11.1 Å². The largest absolute Gasteiger partial charge is 0.272 e. The smallest absolute Gasteiger partial charge is 0.266 e. The number of carbonyl (C=O) groups excluding carboxylic acids is 1. The number of fused-ring (bicyclic) bond motifs is 1. The molecule has 0 aliphatic carbocycles. The van der Waals surface area contributed by atoms with E-state index in [0.717, 1.165) is 16.8 Å². The lowest BCUT2D eigenvalue weighted by atomic mass is 10.2. The SMILES string of the molecule is Cc1ccccc1-n1c(SCC(=O)N/N=C/c2ccc(Cl)cc2)nc2ccccc2c1=O. The van der Waals surface area contributed by atoms with Gasteiger partial charge in [0.15, 0.2) is 5.16 Å². The fourth-order valence-electron chi connectivity index (χ4n) is 3.13. The third-order valence-corrected chi connectivity index (χ3v) is 5.90. The number of nitrogens with one attached hydrogen (secondary N) is 1. The second kappa shape index (κ2) is 9.80. The monoisotopic (exact) mass is 462 g/mol. The van der Waals surface area contributed by atoms with Crippen LogP contribution in [-0.2, 0) is 4.79 Å². The maximum absolute atomic E-state index is 13.3. The molecule has 1 N–H and O–H groups in total. The van der Waals surface area contributed by atoms with Crippen LogP contribution in [0.2, 0.25) is 5.02 Å². The molecule has 1 heterocycles. The second-order valence-corrected chi connectivity index (χ2v) is 8.35. The van der Waals surface area contributed by atoms with Gasteiger partial charge in [-0.05, 0) is 48.4 Å². The molecule has 0 radical (unpaired) electrons. The number of hydrogen-bond acceptors (Lipinski definition) is 5. The molecule has 0 bridgehead atoms. The molecule has 1 amide bonds. The van der Waals surface area contributed by atoms with Crippen molar-refractivity contribution in [1.29, 1.82) is 0 Å². The van der Waals surface area contributed by atoms with Gasteiger partial charge >= 0.3 is 0 Å². The van der Waals surface area contributed by atoms with Crippen LogP contribution in [0.15, 0.2) is 87.8 Å². The standard InChI is InChI=1S/C24H19ClN4O2S/c1-16-6-2-5-9-21(16)29-23(31)19-7-3-4-8-20(19)27-24(29)32-15-22(30)28-26-14-17-10-12-18(25)13-11-17/h2-14H,15H2,1H3,(H,28,30)/b26-14+. The van der Waals surface area contributed by atoms with E-state index in [-0.39, 0.29) is 17.2 Å². The Labute approximate surface area is 194 Å². The van der Waals surface area contributed by atoms with Crippen molar-refractivity contribution in [2.75, 3.05) is 5.75 Å². The van der Waals surface area contributed by atoms with Crippen LogP contribution in [-0.4, -0.2) is 27.4 Å². The zero-order valence-corrected chi connectivity index (χ0v) is 18.7. The maximum Gasteiger partial charge on any atom is 0.266 e. The molecule has 32 heavy (non-hydrogen) atoms. The van der Waals surface area contributed by atoms with E-state index in [1.165, 1.54) is 18.0 Å². The average molecular weight is 463 g/mol. The van der Waals surface area contributed by atoms with Gasteiger partial charge in [0, 0.05) is 5.02 Å². The van der Waals surface area contributed by atoms with Crippen molar-refractivity contribution in [3.63, 3.8) is 0 Å². The van der Waals surface area contributed by atoms with Gasteiger partial charge in [0.25, 0.3) is 11.5 Å². The predicted octanol–water partition coefficient (Wildman–Crippen LogP) is 4.59. The number of aryl methyl sites for hydroxylation is 1. The summed E-state index contributed by atoms with van der Waals surface area (Å²) in [5.74, 6) is -0.256. The Kier molecular flexibility index (Phi) is 6.68. The van der Waals surface area contributed by atoms with Gasteiger partial charge in [0.2, 0.25) is 0 Å². The maximum atomic E-state index is 13.3. The van der Waals surface area contributed by atoms with E-state index in [2.05, 4.69) is 15.5 Å². The Morgan fingerprint density at radius 1 is 1.09 bits per heavy atom. The molecule has 0 unspecified atom stereocenters. The van der Waals surface area contributed by atoms with Crippen LogP contribution in [0.25, 0.3) is 16.6 Å². The highest BCUT2D eigenvalue weighted by Gasteiger charge is 2.15. The van der Waals surface area contributed by atoms with Crippen molar-refractivity contribution in [2.45, 2.75) is 12.1 Å². The Bertz CT molecular complexity index is 1370. The van der Waals surface area contributed by atoms with Crippen LogP contribution in [0.3, 0.4) is 0 Å². The molecule has 0 atom stereocenters. The van der Waals surface area contributed by atoms with Crippen LogP contribution in [0, 0.1) is 6.92 Å². The first kappa shape index (κ1) is 21.8. The van der Waals surface area contributed by atoms with Gasteiger partial charge < -0.3 is 0 Å². The molecular formula is C24H19ClN4O2S. The first-order valence-corrected chi connectivity index (χ1v) is 11.2. The number of carbonyl (C=O) groups is 1. The summed E-state index contributed by atoms with van der Waals surface area (Å²) in [6.45, 7) is 1.93. The molecule has 0 aliphatic heterocycles. The quantitative estimate of drug-likeness (QED) is 0.197. The van der Waals surface area contributed by atoms with Crippen molar-refractivity contribution in [3.8, 4) is 5.69 Å². The number of amides is 1. The lowest BCUT2D eigenvalue weighted by Gasteiger charge is -2.14. The average Bonchev–Trinajstić information content (AvgIpc) is 2.80. The number of hydrogen-bond donors (Lipinski definition) is 1. The topological polar surface area (TPSA) is 76.3 Å². The van der Waals surface area contributed by atoms with Gasteiger partial charge in [-0.2, -0.15) is 5.10 Å². The Morgan fingerprint density at radius 3 is 2.59 bits per heavy atom. The Hall–Kier alpha value is -3.42. The Morgan fingerprint density at radius 2 is 1.81 bits per heavy atom. The first-order chi connectivity index (χ1) is 15.5. The lowest BCUT2D eigenvalue weighted by Crippen LogP contribution is -2.24. The van der Waals surface area contributed by atoms with E-state index in [1.807, 2.05) is 43.3 Å². The van der Waals surface area contributed by atoms with Crippen molar-refractivity contribution < 1.29 is 4.79 Å². The van der Waals surface area contributed by atoms with Gasteiger partial charge in [-0.15, -0.1) is 0 Å². The molecule has 6 nitrogen and oxygen atoms in total. The molecule has 0 aliphatic rings. The fraction of sp³-hybridized carbons (Fsp3) is 0.0833. The molecule has 4 aromatic rings. The van der Waals surface area contributed by atoms with Gasteiger partial charge in [-0.25, -0.2) is 10.4 Å². The number of benzene rings is 3. The minimum Gasteiger partial charge on any atom is -0.272 e. The van der Waals surface area contributed by atoms with E-state index in [4.69, 9.17) is 11.6 Å². The normalized spacial score (nSPS) is 11.2. The van der Waals surface area contributed by atoms with E-state index in [0.29, 0.717) is 21.1 Å². The number of halogens is 1. The summed E-state index contributed by atoms with van der Waals surface area (Å²) in [6, 6.07) is 21.9. The zero-order valence-electron chi connectivity index (χ0n) is 17.2. The van der Waals surface area contributed by atoms with Crippen molar-refractivity contribution in [3.05, 3.63) is 99.3 Å². The van der Waals surface area contributed by atoms with E-state index < -0.39 is 0 Å². The summed E-state index contributed by atoms with van der Waals surface area (Å²) in [7, 11) is 0. The van der Waals surface area contributed by atoms with Crippen LogP contribution in [0.4, 0.5) is 0 Å².